The fourth-order valence-corrected chi connectivity index (χ4v) is 2.51. The van der Waals surface area contributed by atoms with Gasteiger partial charge in [-0.2, -0.15) is 5.10 Å². The van der Waals surface area contributed by atoms with Crippen molar-refractivity contribution in [1.29, 1.82) is 0 Å². The second kappa shape index (κ2) is 5.15. The van der Waals surface area contributed by atoms with Crippen molar-refractivity contribution in [3.8, 4) is 0 Å². The van der Waals surface area contributed by atoms with Gasteiger partial charge in [0, 0.05) is 15.6 Å². The highest BCUT2D eigenvalue weighted by Crippen LogP contribution is 2.23. The molecule has 3 N–H and O–H groups in total. The molecular formula is C11H10ClIN4O. The van der Waals surface area contributed by atoms with E-state index in [1.54, 1.807) is 25.2 Å². The Morgan fingerprint density at radius 2 is 2.28 bits per heavy atom. The van der Waals surface area contributed by atoms with Crippen LogP contribution in [0.15, 0.2) is 24.4 Å². The van der Waals surface area contributed by atoms with Gasteiger partial charge in [-0.15, -0.1) is 0 Å². The Kier molecular flexibility index (Phi) is 3.76. The molecule has 0 saturated heterocycles. The molecule has 5 nitrogen and oxygen atoms in total. The van der Waals surface area contributed by atoms with Crippen LogP contribution in [-0.4, -0.2) is 15.7 Å². The number of rotatable bonds is 2. The van der Waals surface area contributed by atoms with Gasteiger partial charge >= 0.3 is 0 Å². The Labute approximate surface area is 122 Å². The average molecular weight is 377 g/mol. The minimum absolute atomic E-state index is 0.298. The molecule has 1 aromatic carbocycles. The van der Waals surface area contributed by atoms with Gasteiger partial charge in [-0.3, -0.25) is 9.48 Å². The Hall–Kier alpha value is -1.28. The molecule has 0 aliphatic rings. The van der Waals surface area contributed by atoms with E-state index >= 15 is 0 Å². The normalized spacial score (nSPS) is 10.4. The van der Waals surface area contributed by atoms with E-state index in [4.69, 9.17) is 17.3 Å². The van der Waals surface area contributed by atoms with Crippen LogP contribution in [0.2, 0.25) is 5.02 Å². The summed E-state index contributed by atoms with van der Waals surface area (Å²) in [5, 5.41) is 7.32. The van der Waals surface area contributed by atoms with Crippen molar-refractivity contribution in [2.24, 2.45) is 7.05 Å². The van der Waals surface area contributed by atoms with Crippen LogP contribution >= 0.6 is 34.2 Å². The Bertz CT molecular complexity index is 592. The molecule has 18 heavy (non-hydrogen) atoms. The van der Waals surface area contributed by atoms with Crippen molar-refractivity contribution >= 4 is 51.5 Å². The number of carbonyl (C=O) groups excluding carboxylic acids is 1. The number of anilines is 2. The molecule has 1 aromatic heterocycles. The number of halogens is 2. The topological polar surface area (TPSA) is 72.9 Å². The number of nitrogens with one attached hydrogen (secondary N) is 1. The molecule has 0 aliphatic heterocycles. The van der Waals surface area contributed by atoms with Gasteiger partial charge in [0.15, 0.2) is 0 Å². The number of aromatic nitrogens is 2. The summed E-state index contributed by atoms with van der Waals surface area (Å²) < 4.78 is 2.29. The van der Waals surface area contributed by atoms with Crippen LogP contribution in [0.4, 0.5) is 11.4 Å². The zero-order valence-corrected chi connectivity index (χ0v) is 12.4. The van der Waals surface area contributed by atoms with Gasteiger partial charge in [0.1, 0.15) is 5.69 Å². The number of aryl methyl sites for hydroxylation is 1. The smallest absolute Gasteiger partial charge is 0.276 e. The summed E-state index contributed by atoms with van der Waals surface area (Å²) >= 11 is 7.95. The van der Waals surface area contributed by atoms with Gasteiger partial charge in [-0.25, -0.2) is 0 Å². The van der Waals surface area contributed by atoms with Crippen molar-refractivity contribution in [3.63, 3.8) is 0 Å². The highest BCUT2D eigenvalue weighted by molar-refractivity contribution is 14.1. The van der Waals surface area contributed by atoms with Gasteiger partial charge < -0.3 is 11.1 Å². The first kappa shape index (κ1) is 13.2. The Morgan fingerprint density at radius 1 is 1.56 bits per heavy atom. The largest absolute Gasteiger partial charge is 0.396 e. The van der Waals surface area contributed by atoms with E-state index < -0.39 is 0 Å². The van der Waals surface area contributed by atoms with Crippen LogP contribution in [0.3, 0.4) is 0 Å². The number of hydrogen-bond donors (Lipinski definition) is 2. The molecule has 0 bridgehead atoms. The summed E-state index contributed by atoms with van der Waals surface area (Å²) in [6.45, 7) is 0. The number of amides is 1. The van der Waals surface area contributed by atoms with E-state index in [0.717, 1.165) is 3.57 Å². The van der Waals surface area contributed by atoms with Crippen molar-refractivity contribution in [1.82, 2.24) is 9.78 Å². The summed E-state index contributed by atoms with van der Waals surface area (Å²) in [6, 6.07) is 5.23. The lowest BCUT2D eigenvalue weighted by Crippen LogP contribution is -2.18. The SMILES string of the molecule is Cn1ncc(N)c1C(=O)Nc1ccc(Cl)cc1I. The van der Waals surface area contributed by atoms with Crippen molar-refractivity contribution < 1.29 is 4.79 Å². The van der Waals surface area contributed by atoms with Crippen LogP contribution in [0, 0.1) is 3.57 Å². The molecule has 1 amide bonds. The summed E-state index contributed by atoms with van der Waals surface area (Å²) in [5.41, 5.74) is 7.06. The lowest BCUT2D eigenvalue weighted by molar-refractivity contribution is 0.101. The monoisotopic (exact) mass is 376 g/mol. The van der Waals surface area contributed by atoms with Gasteiger partial charge in [-0.1, -0.05) is 11.6 Å². The maximum Gasteiger partial charge on any atom is 0.276 e. The minimum Gasteiger partial charge on any atom is -0.396 e. The van der Waals surface area contributed by atoms with E-state index in [2.05, 4.69) is 33.0 Å². The van der Waals surface area contributed by atoms with Gasteiger partial charge in [0.2, 0.25) is 0 Å². The number of nitrogens with two attached hydrogens (primary N) is 1. The van der Waals surface area contributed by atoms with Crippen molar-refractivity contribution in [2.45, 2.75) is 0 Å². The van der Waals surface area contributed by atoms with Crippen LogP contribution in [-0.2, 0) is 7.05 Å². The molecule has 2 aromatic rings. The van der Waals surface area contributed by atoms with E-state index in [1.807, 2.05) is 0 Å². The molecule has 0 atom stereocenters. The molecule has 94 valence electrons. The van der Waals surface area contributed by atoms with Crippen molar-refractivity contribution in [3.05, 3.63) is 38.7 Å². The zero-order chi connectivity index (χ0) is 13.3. The van der Waals surface area contributed by atoms with Crippen LogP contribution in [0.25, 0.3) is 0 Å². The number of nitrogen functional groups attached to an aromatic ring is 1. The lowest BCUT2D eigenvalue weighted by atomic mass is 10.3. The zero-order valence-electron chi connectivity index (χ0n) is 9.45. The third-order valence-corrected chi connectivity index (χ3v) is 3.49. The number of hydrogen-bond acceptors (Lipinski definition) is 3. The van der Waals surface area contributed by atoms with Crippen LogP contribution in [0.5, 0.6) is 0 Å². The predicted octanol–water partition coefficient (Wildman–Crippen LogP) is 2.51. The predicted molar refractivity (Wildman–Crippen MR) is 79.7 cm³/mol. The van der Waals surface area contributed by atoms with Crippen LogP contribution in [0.1, 0.15) is 10.5 Å². The van der Waals surface area contributed by atoms with E-state index in [0.29, 0.717) is 22.1 Å². The fourth-order valence-electron chi connectivity index (χ4n) is 1.50. The Morgan fingerprint density at radius 3 is 2.83 bits per heavy atom. The van der Waals surface area contributed by atoms with E-state index in [1.165, 1.54) is 10.9 Å². The first-order chi connectivity index (χ1) is 8.49. The summed E-state index contributed by atoms with van der Waals surface area (Å²) in [5.74, 6) is -0.298. The summed E-state index contributed by atoms with van der Waals surface area (Å²) in [4.78, 5) is 12.1. The number of nitrogens with zero attached hydrogens (tertiary/aromatic N) is 2. The quantitative estimate of drug-likeness (QED) is 0.791. The van der Waals surface area contributed by atoms with Crippen molar-refractivity contribution in [2.75, 3.05) is 11.1 Å². The van der Waals surface area contributed by atoms with E-state index in [9.17, 15) is 4.79 Å². The van der Waals surface area contributed by atoms with Crippen LogP contribution < -0.4 is 11.1 Å². The molecule has 0 spiro atoms. The maximum absolute atomic E-state index is 12.1. The molecular weight excluding hydrogens is 367 g/mol. The third-order valence-electron chi connectivity index (χ3n) is 2.36. The first-order valence-corrected chi connectivity index (χ1v) is 6.48. The molecule has 0 aliphatic carbocycles. The second-order valence-electron chi connectivity index (χ2n) is 3.65. The first-order valence-electron chi connectivity index (χ1n) is 5.03. The highest BCUT2D eigenvalue weighted by atomic mass is 127. The van der Waals surface area contributed by atoms with Gasteiger partial charge in [-0.05, 0) is 40.8 Å². The summed E-state index contributed by atoms with van der Waals surface area (Å²) in [7, 11) is 1.66. The number of carbonyl (C=O) groups is 1. The Balaban J connectivity index is 2.27. The maximum atomic E-state index is 12.1. The molecule has 0 radical (unpaired) electrons. The molecule has 1 heterocycles. The molecule has 0 unspecified atom stereocenters. The lowest BCUT2D eigenvalue weighted by Gasteiger charge is -2.08. The average Bonchev–Trinajstić information content (AvgIpc) is 2.62. The highest BCUT2D eigenvalue weighted by Gasteiger charge is 2.15. The fraction of sp³-hybridized carbons (Fsp3) is 0.0909. The standard InChI is InChI=1S/C11H10ClIN4O/c1-17-10(8(14)5-15-17)11(18)16-9-3-2-6(12)4-7(9)13/h2-5H,14H2,1H3,(H,16,18). The second-order valence-corrected chi connectivity index (χ2v) is 5.25. The third kappa shape index (κ3) is 2.59. The number of benzene rings is 1. The van der Waals surface area contributed by atoms with E-state index in [-0.39, 0.29) is 5.91 Å². The summed E-state index contributed by atoms with van der Waals surface area (Å²) in [6.07, 6.45) is 1.45. The molecule has 0 saturated carbocycles. The molecule has 7 heteroatoms. The molecule has 2 rings (SSSR count). The van der Waals surface area contributed by atoms with Gasteiger partial charge in [0.05, 0.1) is 17.6 Å². The minimum atomic E-state index is -0.298. The van der Waals surface area contributed by atoms with Gasteiger partial charge in [0.25, 0.3) is 5.91 Å². The molecule has 0 fully saturated rings.